The molecule has 1 aliphatic rings. The van der Waals surface area contributed by atoms with Crippen LogP contribution in [0.3, 0.4) is 0 Å². The lowest BCUT2D eigenvalue weighted by molar-refractivity contribution is 0.0978. The van der Waals surface area contributed by atoms with Crippen molar-refractivity contribution in [2.45, 2.75) is 65.6 Å². The monoisotopic (exact) mass is 278 g/mol. The van der Waals surface area contributed by atoms with Gasteiger partial charge in [0, 0.05) is 30.0 Å². The zero-order chi connectivity index (χ0) is 14.9. The van der Waals surface area contributed by atoms with Gasteiger partial charge in [-0.15, -0.1) is 0 Å². The van der Waals surface area contributed by atoms with Crippen molar-refractivity contribution in [3.8, 4) is 0 Å². The molecule has 0 bridgehead atoms. The second-order valence-electron chi connectivity index (χ2n) is 7.40. The predicted octanol–water partition coefficient (Wildman–Crippen LogP) is 3.22. The van der Waals surface area contributed by atoms with Crippen molar-refractivity contribution in [3.05, 3.63) is 23.5 Å². The van der Waals surface area contributed by atoms with Crippen LogP contribution < -0.4 is 0 Å². The van der Waals surface area contributed by atoms with Crippen molar-refractivity contribution in [2.24, 2.45) is 5.41 Å². The Morgan fingerprint density at radius 2 is 2.15 bits per heavy atom. The third-order valence-corrected chi connectivity index (χ3v) is 4.66. The van der Waals surface area contributed by atoms with E-state index in [9.17, 15) is 5.11 Å². The number of nitrogens with zero attached hydrogens (tertiary/aromatic N) is 2. The second-order valence-corrected chi connectivity index (χ2v) is 7.40. The lowest BCUT2D eigenvalue weighted by atomic mass is 9.75. The Bertz CT molecular complexity index is 448. The van der Waals surface area contributed by atoms with E-state index in [4.69, 9.17) is 0 Å². The highest BCUT2D eigenvalue weighted by Crippen LogP contribution is 2.41. The predicted molar refractivity (Wildman–Crippen MR) is 83.9 cm³/mol. The number of hydrogen-bond acceptors (Lipinski definition) is 2. The van der Waals surface area contributed by atoms with Gasteiger partial charge in [-0.3, -0.25) is 0 Å². The van der Waals surface area contributed by atoms with Crippen LogP contribution in [0.2, 0.25) is 0 Å². The van der Waals surface area contributed by atoms with Crippen molar-refractivity contribution in [2.75, 3.05) is 13.6 Å². The molecule has 1 heterocycles. The van der Waals surface area contributed by atoms with E-state index in [2.05, 4.69) is 56.5 Å². The zero-order valence-corrected chi connectivity index (χ0v) is 13.7. The molecule has 3 nitrogen and oxygen atoms in total. The van der Waals surface area contributed by atoms with Crippen molar-refractivity contribution in [1.29, 1.82) is 0 Å². The summed E-state index contributed by atoms with van der Waals surface area (Å²) in [5.41, 5.74) is 2.71. The first-order chi connectivity index (χ1) is 9.30. The smallest absolute Gasteiger partial charge is 0.0812 e. The number of aryl methyl sites for hydroxylation is 1. The quantitative estimate of drug-likeness (QED) is 0.896. The Hall–Kier alpha value is -0.800. The average Bonchev–Trinajstić information content (AvgIpc) is 2.70. The summed E-state index contributed by atoms with van der Waals surface area (Å²) in [5.74, 6) is 0. The molecule has 1 aromatic heterocycles. The molecule has 0 amide bonds. The first kappa shape index (κ1) is 15.6. The van der Waals surface area contributed by atoms with Gasteiger partial charge in [0.2, 0.25) is 0 Å². The third-order valence-electron chi connectivity index (χ3n) is 4.66. The van der Waals surface area contributed by atoms with Crippen molar-refractivity contribution in [3.63, 3.8) is 0 Å². The van der Waals surface area contributed by atoms with E-state index in [0.717, 1.165) is 37.9 Å². The molecule has 0 aliphatic heterocycles. The van der Waals surface area contributed by atoms with Crippen molar-refractivity contribution < 1.29 is 5.11 Å². The van der Waals surface area contributed by atoms with Gasteiger partial charge in [-0.05, 0) is 58.2 Å². The first-order valence-electron chi connectivity index (χ1n) is 7.86. The summed E-state index contributed by atoms with van der Waals surface area (Å²) in [7, 11) is 2.18. The van der Waals surface area contributed by atoms with Gasteiger partial charge in [-0.1, -0.05) is 13.8 Å². The minimum atomic E-state index is -0.284. The summed E-state index contributed by atoms with van der Waals surface area (Å²) in [4.78, 5) is 2.38. The summed E-state index contributed by atoms with van der Waals surface area (Å²) in [6.07, 6.45) is 4.98. The van der Waals surface area contributed by atoms with Crippen LogP contribution in [0, 0.1) is 5.41 Å². The van der Waals surface area contributed by atoms with E-state index in [1.165, 1.54) is 5.69 Å². The molecule has 114 valence electrons. The Morgan fingerprint density at radius 3 is 2.80 bits per heavy atom. The Balaban J connectivity index is 2.01. The minimum Gasteiger partial charge on any atom is -0.388 e. The number of aliphatic hydroxyl groups excluding tert-OH is 1. The number of rotatable bonds is 5. The van der Waals surface area contributed by atoms with Crippen LogP contribution in [0.25, 0.3) is 0 Å². The van der Waals surface area contributed by atoms with Crippen LogP contribution in [-0.4, -0.2) is 34.2 Å². The Kier molecular flexibility index (Phi) is 4.60. The molecule has 0 saturated heterocycles. The molecule has 1 N–H and O–H groups in total. The zero-order valence-electron chi connectivity index (χ0n) is 13.7. The molecule has 2 rings (SSSR count). The maximum atomic E-state index is 10.3. The first-order valence-corrected chi connectivity index (χ1v) is 7.86. The number of aromatic nitrogens is 1. The molecule has 1 aromatic rings. The van der Waals surface area contributed by atoms with E-state index in [1.807, 2.05) is 0 Å². The second kappa shape index (κ2) is 5.90. The SMILES string of the molecule is CC(C)N(C)CCCn1ccc2c1CC(C)(C)CC2O. The summed E-state index contributed by atoms with van der Waals surface area (Å²) in [5, 5.41) is 10.3. The molecular formula is C17H30N2O. The molecule has 1 aliphatic carbocycles. The maximum absolute atomic E-state index is 10.3. The molecule has 1 atom stereocenters. The largest absolute Gasteiger partial charge is 0.388 e. The van der Waals surface area contributed by atoms with Gasteiger partial charge in [0.25, 0.3) is 0 Å². The molecule has 0 radical (unpaired) electrons. The van der Waals surface area contributed by atoms with E-state index < -0.39 is 0 Å². The van der Waals surface area contributed by atoms with Gasteiger partial charge in [0.1, 0.15) is 0 Å². The van der Waals surface area contributed by atoms with Gasteiger partial charge < -0.3 is 14.6 Å². The fourth-order valence-electron chi connectivity index (χ4n) is 3.15. The maximum Gasteiger partial charge on any atom is 0.0812 e. The molecule has 0 fully saturated rings. The standard InChI is InChI=1S/C17H30N2O/c1-13(2)18(5)8-6-9-19-10-7-14-15(19)11-17(3,4)12-16(14)20/h7,10,13,16,20H,6,8-9,11-12H2,1-5H3. The lowest BCUT2D eigenvalue weighted by Crippen LogP contribution is -2.29. The van der Waals surface area contributed by atoms with Crippen molar-refractivity contribution >= 4 is 0 Å². The van der Waals surface area contributed by atoms with Gasteiger partial charge >= 0.3 is 0 Å². The number of hydrogen-bond donors (Lipinski definition) is 1. The van der Waals surface area contributed by atoms with Crippen LogP contribution in [0.4, 0.5) is 0 Å². The third kappa shape index (κ3) is 3.44. The highest BCUT2D eigenvalue weighted by atomic mass is 16.3. The van der Waals surface area contributed by atoms with E-state index in [1.54, 1.807) is 0 Å². The molecule has 0 aromatic carbocycles. The Morgan fingerprint density at radius 1 is 1.45 bits per heavy atom. The van der Waals surface area contributed by atoms with E-state index >= 15 is 0 Å². The van der Waals surface area contributed by atoms with Gasteiger partial charge in [0.15, 0.2) is 0 Å². The van der Waals surface area contributed by atoms with Crippen LogP contribution in [-0.2, 0) is 13.0 Å². The number of fused-ring (bicyclic) bond motifs is 1. The van der Waals surface area contributed by atoms with Gasteiger partial charge in [0.05, 0.1) is 6.10 Å². The molecular weight excluding hydrogens is 248 g/mol. The van der Waals surface area contributed by atoms with Gasteiger partial charge in [-0.25, -0.2) is 0 Å². The molecule has 3 heteroatoms. The molecule has 0 spiro atoms. The molecule has 1 unspecified atom stereocenters. The topological polar surface area (TPSA) is 28.4 Å². The Labute approximate surface area is 123 Å². The fraction of sp³-hybridized carbons (Fsp3) is 0.765. The van der Waals surface area contributed by atoms with E-state index in [0.29, 0.717) is 6.04 Å². The summed E-state index contributed by atoms with van der Waals surface area (Å²) < 4.78 is 2.35. The summed E-state index contributed by atoms with van der Waals surface area (Å²) >= 11 is 0. The van der Waals surface area contributed by atoms with E-state index in [-0.39, 0.29) is 11.5 Å². The number of aliphatic hydroxyl groups is 1. The van der Waals surface area contributed by atoms with Gasteiger partial charge in [-0.2, -0.15) is 0 Å². The summed E-state index contributed by atoms with van der Waals surface area (Å²) in [6, 6.07) is 2.72. The van der Waals surface area contributed by atoms with Crippen LogP contribution in [0.1, 0.15) is 57.9 Å². The van der Waals surface area contributed by atoms with Crippen LogP contribution in [0.5, 0.6) is 0 Å². The van der Waals surface area contributed by atoms with Crippen molar-refractivity contribution in [1.82, 2.24) is 9.47 Å². The fourth-order valence-corrected chi connectivity index (χ4v) is 3.15. The average molecular weight is 278 g/mol. The molecule has 20 heavy (non-hydrogen) atoms. The van der Waals surface area contributed by atoms with Crippen LogP contribution in [0.15, 0.2) is 12.3 Å². The normalized spacial score (nSPS) is 21.5. The molecule has 0 saturated carbocycles. The van der Waals surface area contributed by atoms with Crippen LogP contribution >= 0.6 is 0 Å². The minimum absolute atomic E-state index is 0.206. The highest BCUT2D eigenvalue weighted by Gasteiger charge is 2.32. The summed E-state index contributed by atoms with van der Waals surface area (Å²) in [6.45, 7) is 11.1. The lowest BCUT2D eigenvalue weighted by Gasteiger charge is -2.34. The highest BCUT2D eigenvalue weighted by molar-refractivity contribution is 5.29.